The minimum absolute atomic E-state index is 0.0849. The number of amides is 3. The first-order valence-corrected chi connectivity index (χ1v) is 10.1. The number of imide groups is 1. The van der Waals surface area contributed by atoms with E-state index in [0.717, 1.165) is 22.8 Å². The molecule has 0 unspecified atom stereocenters. The molecule has 0 saturated carbocycles. The first-order valence-electron chi connectivity index (χ1n) is 9.23. The number of carbonyl (C=O) groups is 3. The average Bonchev–Trinajstić information content (AvgIpc) is 3.29. The molecular formula is C21H16N4O5S. The van der Waals surface area contributed by atoms with Crippen LogP contribution in [0.5, 0.6) is 0 Å². The zero-order valence-electron chi connectivity index (χ0n) is 16.5. The summed E-state index contributed by atoms with van der Waals surface area (Å²) in [4.78, 5) is 53.1. The van der Waals surface area contributed by atoms with Crippen LogP contribution in [0.2, 0.25) is 0 Å². The van der Waals surface area contributed by atoms with E-state index < -0.39 is 34.9 Å². The lowest BCUT2D eigenvalue weighted by Gasteiger charge is -2.12. The van der Waals surface area contributed by atoms with E-state index in [2.05, 4.69) is 10.3 Å². The number of nitrogens with one attached hydrogen (secondary N) is 1. The molecule has 0 bridgehead atoms. The van der Waals surface area contributed by atoms with Crippen LogP contribution >= 0.6 is 11.3 Å². The predicted octanol–water partition coefficient (Wildman–Crippen LogP) is 3.57. The maximum Gasteiger partial charge on any atom is 0.282 e. The minimum Gasteiger partial charge on any atom is -0.300 e. The SMILES string of the molecule is Cc1ccc(-c2csc(NC(=O)CN3C(=O)c4cccc([N+](=O)[O-])c4C3=O)n2)cc1C. The summed E-state index contributed by atoms with van der Waals surface area (Å²) in [7, 11) is 0. The zero-order valence-corrected chi connectivity index (χ0v) is 17.4. The summed E-state index contributed by atoms with van der Waals surface area (Å²) >= 11 is 1.22. The van der Waals surface area contributed by atoms with E-state index in [1.54, 1.807) is 5.38 Å². The predicted molar refractivity (Wildman–Crippen MR) is 114 cm³/mol. The molecule has 0 fully saturated rings. The molecule has 2 aromatic carbocycles. The number of anilines is 1. The Balaban J connectivity index is 1.49. The van der Waals surface area contributed by atoms with Crippen molar-refractivity contribution in [2.24, 2.45) is 0 Å². The van der Waals surface area contributed by atoms with Gasteiger partial charge in [0, 0.05) is 17.0 Å². The van der Waals surface area contributed by atoms with Crippen molar-refractivity contribution in [3.05, 3.63) is 74.1 Å². The van der Waals surface area contributed by atoms with Gasteiger partial charge in [0.2, 0.25) is 5.91 Å². The van der Waals surface area contributed by atoms with E-state index in [-0.39, 0.29) is 11.1 Å². The van der Waals surface area contributed by atoms with E-state index in [9.17, 15) is 24.5 Å². The largest absolute Gasteiger partial charge is 0.300 e. The Morgan fingerprint density at radius 3 is 2.65 bits per heavy atom. The molecule has 156 valence electrons. The van der Waals surface area contributed by atoms with Gasteiger partial charge in [-0.15, -0.1) is 11.3 Å². The molecule has 1 aliphatic heterocycles. The van der Waals surface area contributed by atoms with Gasteiger partial charge in [0.25, 0.3) is 17.5 Å². The van der Waals surface area contributed by atoms with Gasteiger partial charge >= 0.3 is 0 Å². The number of benzene rings is 2. The molecule has 0 radical (unpaired) electrons. The number of aromatic nitrogens is 1. The Hall–Kier alpha value is -3.92. The fraction of sp³-hybridized carbons (Fsp3) is 0.143. The summed E-state index contributed by atoms with van der Waals surface area (Å²) in [5, 5.41) is 15.9. The van der Waals surface area contributed by atoms with E-state index in [1.165, 1.54) is 23.5 Å². The van der Waals surface area contributed by atoms with Gasteiger partial charge in [-0.05, 0) is 37.1 Å². The van der Waals surface area contributed by atoms with E-state index in [0.29, 0.717) is 15.7 Å². The molecule has 2 heterocycles. The molecule has 0 saturated heterocycles. The normalized spacial score (nSPS) is 12.8. The van der Waals surface area contributed by atoms with Crippen LogP contribution in [-0.2, 0) is 4.79 Å². The van der Waals surface area contributed by atoms with Crippen molar-refractivity contribution < 1.29 is 19.3 Å². The van der Waals surface area contributed by atoms with Crippen LogP contribution in [0, 0.1) is 24.0 Å². The van der Waals surface area contributed by atoms with Crippen molar-refractivity contribution in [2.45, 2.75) is 13.8 Å². The van der Waals surface area contributed by atoms with Crippen molar-refractivity contribution in [1.82, 2.24) is 9.88 Å². The van der Waals surface area contributed by atoms with Gasteiger partial charge < -0.3 is 5.32 Å². The smallest absolute Gasteiger partial charge is 0.282 e. The number of hydrogen-bond donors (Lipinski definition) is 1. The molecule has 0 aliphatic carbocycles. The Labute approximate surface area is 180 Å². The van der Waals surface area contributed by atoms with Gasteiger partial charge in [0.15, 0.2) is 5.13 Å². The number of aryl methyl sites for hydroxylation is 2. The van der Waals surface area contributed by atoms with Crippen molar-refractivity contribution >= 4 is 39.9 Å². The Kier molecular flexibility index (Phi) is 5.07. The summed E-state index contributed by atoms with van der Waals surface area (Å²) < 4.78 is 0. The molecule has 3 amide bonds. The first kappa shape index (κ1) is 20.4. The summed E-state index contributed by atoms with van der Waals surface area (Å²) in [5.74, 6) is -2.23. The van der Waals surface area contributed by atoms with Crippen LogP contribution in [0.15, 0.2) is 41.8 Å². The Bertz CT molecular complexity index is 1270. The number of hydrogen-bond acceptors (Lipinski definition) is 7. The lowest BCUT2D eigenvalue weighted by molar-refractivity contribution is -0.385. The van der Waals surface area contributed by atoms with Crippen molar-refractivity contribution in [1.29, 1.82) is 0 Å². The molecule has 0 spiro atoms. The summed E-state index contributed by atoms with van der Waals surface area (Å²) in [5.41, 5.74) is 3.04. The highest BCUT2D eigenvalue weighted by atomic mass is 32.1. The second-order valence-electron chi connectivity index (χ2n) is 7.04. The molecule has 31 heavy (non-hydrogen) atoms. The molecular weight excluding hydrogens is 420 g/mol. The second-order valence-corrected chi connectivity index (χ2v) is 7.90. The van der Waals surface area contributed by atoms with Crippen LogP contribution in [0.1, 0.15) is 31.8 Å². The molecule has 1 N–H and O–H groups in total. The summed E-state index contributed by atoms with van der Waals surface area (Å²) in [6, 6.07) is 9.74. The molecule has 9 nitrogen and oxygen atoms in total. The molecule has 10 heteroatoms. The molecule has 3 aromatic rings. The highest BCUT2D eigenvalue weighted by Gasteiger charge is 2.41. The quantitative estimate of drug-likeness (QED) is 0.371. The standard InChI is InChI=1S/C21H16N4O5S/c1-11-6-7-13(8-12(11)2)15-10-31-21(22-15)23-17(26)9-24-19(27)14-4-3-5-16(25(29)30)18(14)20(24)28/h3-8,10H,9H2,1-2H3,(H,22,23,26). The topological polar surface area (TPSA) is 123 Å². The first-order chi connectivity index (χ1) is 14.8. The molecule has 4 rings (SSSR count). The molecule has 1 aromatic heterocycles. The van der Waals surface area contributed by atoms with Gasteiger partial charge in [0.05, 0.1) is 16.2 Å². The lowest BCUT2D eigenvalue weighted by Crippen LogP contribution is -2.37. The van der Waals surface area contributed by atoms with Crippen LogP contribution < -0.4 is 5.32 Å². The van der Waals surface area contributed by atoms with Crippen molar-refractivity contribution in [3.8, 4) is 11.3 Å². The Morgan fingerprint density at radius 1 is 1.16 bits per heavy atom. The van der Waals surface area contributed by atoms with Crippen LogP contribution in [0.3, 0.4) is 0 Å². The lowest BCUT2D eigenvalue weighted by atomic mass is 10.1. The maximum absolute atomic E-state index is 12.6. The van der Waals surface area contributed by atoms with E-state index >= 15 is 0 Å². The van der Waals surface area contributed by atoms with Crippen molar-refractivity contribution in [3.63, 3.8) is 0 Å². The van der Waals surface area contributed by atoms with Gasteiger partial charge in [-0.25, -0.2) is 4.98 Å². The number of rotatable bonds is 5. The summed E-state index contributed by atoms with van der Waals surface area (Å²) in [6.45, 7) is 3.45. The van der Waals surface area contributed by atoms with E-state index in [1.807, 2.05) is 32.0 Å². The fourth-order valence-electron chi connectivity index (χ4n) is 3.28. The third-order valence-corrected chi connectivity index (χ3v) is 5.79. The number of nitro groups is 1. The fourth-order valence-corrected chi connectivity index (χ4v) is 4.01. The Morgan fingerprint density at radius 2 is 1.94 bits per heavy atom. The van der Waals surface area contributed by atoms with Gasteiger partial charge in [-0.2, -0.15) is 0 Å². The number of carbonyl (C=O) groups excluding carboxylic acids is 3. The molecule has 1 aliphatic rings. The zero-order chi connectivity index (χ0) is 22.3. The summed E-state index contributed by atoms with van der Waals surface area (Å²) in [6.07, 6.45) is 0. The third kappa shape index (κ3) is 3.68. The monoisotopic (exact) mass is 436 g/mol. The van der Waals surface area contributed by atoms with Crippen LogP contribution in [-0.4, -0.2) is 39.1 Å². The highest BCUT2D eigenvalue weighted by Crippen LogP contribution is 2.31. The minimum atomic E-state index is -0.864. The third-order valence-electron chi connectivity index (χ3n) is 5.03. The average molecular weight is 436 g/mol. The number of fused-ring (bicyclic) bond motifs is 1. The van der Waals surface area contributed by atoms with Gasteiger partial charge in [0.1, 0.15) is 12.1 Å². The highest BCUT2D eigenvalue weighted by molar-refractivity contribution is 7.14. The van der Waals surface area contributed by atoms with E-state index in [4.69, 9.17) is 0 Å². The van der Waals surface area contributed by atoms with Gasteiger partial charge in [-0.3, -0.25) is 29.4 Å². The van der Waals surface area contributed by atoms with Gasteiger partial charge in [-0.1, -0.05) is 18.2 Å². The number of nitrogens with zero attached hydrogens (tertiary/aromatic N) is 3. The number of nitro benzene ring substituents is 1. The number of thiazole rings is 1. The van der Waals surface area contributed by atoms with Crippen molar-refractivity contribution in [2.75, 3.05) is 11.9 Å². The van der Waals surface area contributed by atoms with Crippen LogP contribution in [0.25, 0.3) is 11.3 Å². The maximum atomic E-state index is 12.6. The second kappa shape index (κ2) is 7.73. The molecule has 0 atom stereocenters. The van der Waals surface area contributed by atoms with Crippen LogP contribution in [0.4, 0.5) is 10.8 Å².